The van der Waals surface area contributed by atoms with Gasteiger partial charge in [0.25, 0.3) is 5.91 Å². The number of likely N-dealkylation sites (tertiary alicyclic amines) is 1. The zero-order chi connectivity index (χ0) is 19.5. The van der Waals surface area contributed by atoms with Gasteiger partial charge in [-0.05, 0) is 49.3 Å². The number of hydrogen-bond donors (Lipinski definition) is 0. The third-order valence-corrected chi connectivity index (χ3v) is 7.21. The molecule has 0 aliphatic carbocycles. The summed E-state index contributed by atoms with van der Waals surface area (Å²) in [6.07, 6.45) is 8.61. The average molecular weight is 398 g/mol. The molecule has 28 heavy (non-hydrogen) atoms. The molecule has 4 rings (SSSR count). The molecule has 0 saturated carbocycles. The zero-order valence-corrected chi connectivity index (χ0v) is 17.9. The molecule has 0 aromatic carbocycles. The van der Waals surface area contributed by atoms with Crippen molar-refractivity contribution in [3.63, 3.8) is 0 Å². The summed E-state index contributed by atoms with van der Waals surface area (Å²) in [6.45, 7) is 8.12. The Morgan fingerprint density at radius 2 is 2.18 bits per heavy atom. The Labute approximate surface area is 172 Å². The van der Waals surface area contributed by atoms with E-state index in [4.69, 9.17) is 0 Å². The van der Waals surface area contributed by atoms with Gasteiger partial charge in [0, 0.05) is 48.7 Å². The van der Waals surface area contributed by atoms with Gasteiger partial charge in [0.1, 0.15) is 0 Å². The second-order valence-electron chi connectivity index (χ2n) is 8.11. The van der Waals surface area contributed by atoms with Gasteiger partial charge < -0.3 is 4.90 Å². The standard InChI is InChI=1S/C23H31N3OS/c1-3-6-19-7-5-11-26(19)23(27)21-16-28-22-15-25(12-10-20(21)22)14-18-9-8-17(4-2)13-24-18/h8-9,13,16,19H,3-7,10-12,14-15H2,1-2H3. The molecule has 5 heteroatoms. The summed E-state index contributed by atoms with van der Waals surface area (Å²) >= 11 is 1.76. The van der Waals surface area contributed by atoms with Gasteiger partial charge in [0.15, 0.2) is 0 Å². The fourth-order valence-electron chi connectivity index (χ4n) is 4.57. The van der Waals surface area contributed by atoms with Crippen molar-refractivity contribution in [2.75, 3.05) is 13.1 Å². The van der Waals surface area contributed by atoms with Crippen LogP contribution in [0.15, 0.2) is 23.7 Å². The molecule has 2 aromatic rings. The summed E-state index contributed by atoms with van der Waals surface area (Å²) in [7, 11) is 0. The lowest BCUT2D eigenvalue weighted by Gasteiger charge is -2.28. The fourth-order valence-corrected chi connectivity index (χ4v) is 5.69. The second kappa shape index (κ2) is 8.75. The molecule has 1 fully saturated rings. The van der Waals surface area contributed by atoms with Crippen molar-refractivity contribution in [1.29, 1.82) is 0 Å². The third-order valence-electron chi connectivity index (χ3n) is 6.20. The van der Waals surface area contributed by atoms with Crippen LogP contribution in [0.4, 0.5) is 0 Å². The summed E-state index contributed by atoms with van der Waals surface area (Å²) in [6, 6.07) is 4.78. The maximum absolute atomic E-state index is 13.2. The van der Waals surface area contributed by atoms with Crippen molar-refractivity contribution < 1.29 is 4.79 Å². The number of fused-ring (bicyclic) bond motifs is 1. The van der Waals surface area contributed by atoms with Crippen LogP contribution in [0.2, 0.25) is 0 Å². The maximum atomic E-state index is 13.2. The Kier molecular flexibility index (Phi) is 6.12. The van der Waals surface area contributed by atoms with Crippen LogP contribution in [-0.4, -0.2) is 39.8 Å². The minimum Gasteiger partial charge on any atom is -0.336 e. The van der Waals surface area contributed by atoms with E-state index in [1.165, 1.54) is 22.4 Å². The van der Waals surface area contributed by atoms with Crippen LogP contribution >= 0.6 is 11.3 Å². The Morgan fingerprint density at radius 3 is 2.93 bits per heavy atom. The monoisotopic (exact) mass is 397 g/mol. The molecule has 4 heterocycles. The first-order chi connectivity index (χ1) is 13.7. The molecule has 2 aromatic heterocycles. The normalized spacial score (nSPS) is 19.8. The van der Waals surface area contributed by atoms with Crippen molar-refractivity contribution >= 4 is 17.2 Å². The van der Waals surface area contributed by atoms with E-state index in [0.29, 0.717) is 6.04 Å². The van der Waals surface area contributed by atoms with Crippen molar-refractivity contribution in [3.05, 3.63) is 51.0 Å². The first-order valence-electron chi connectivity index (χ1n) is 10.8. The van der Waals surface area contributed by atoms with Crippen LogP contribution in [0.1, 0.15) is 71.6 Å². The number of carbonyl (C=O) groups is 1. The van der Waals surface area contributed by atoms with E-state index >= 15 is 0 Å². The molecule has 1 saturated heterocycles. The molecule has 1 atom stereocenters. The topological polar surface area (TPSA) is 36.4 Å². The molecular weight excluding hydrogens is 366 g/mol. The van der Waals surface area contributed by atoms with Crippen LogP contribution in [0.3, 0.4) is 0 Å². The number of hydrogen-bond acceptors (Lipinski definition) is 4. The van der Waals surface area contributed by atoms with E-state index in [9.17, 15) is 4.79 Å². The number of nitrogens with zero attached hydrogens (tertiary/aromatic N) is 3. The minimum absolute atomic E-state index is 0.277. The predicted octanol–water partition coefficient (Wildman–Crippen LogP) is 4.67. The number of amides is 1. The predicted molar refractivity (Wildman–Crippen MR) is 115 cm³/mol. The smallest absolute Gasteiger partial charge is 0.255 e. The Morgan fingerprint density at radius 1 is 1.29 bits per heavy atom. The van der Waals surface area contributed by atoms with Gasteiger partial charge in [-0.2, -0.15) is 0 Å². The lowest BCUT2D eigenvalue weighted by molar-refractivity contribution is 0.0728. The Bertz CT molecular complexity index is 814. The average Bonchev–Trinajstić information content (AvgIpc) is 3.35. The highest BCUT2D eigenvalue weighted by atomic mass is 32.1. The quantitative estimate of drug-likeness (QED) is 0.711. The summed E-state index contributed by atoms with van der Waals surface area (Å²) < 4.78 is 0. The molecule has 0 bridgehead atoms. The van der Waals surface area contributed by atoms with E-state index in [1.807, 2.05) is 6.20 Å². The van der Waals surface area contributed by atoms with E-state index in [2.05, 4.69) is 46.1 Å². The van der Waals surface area contributed by atoms with Crippen molar-refractivity contribution in [2.45, 2.75) is 71.5 Å². The van der Waals surface area contributed by atoms with Gasteiger partial charge in [-0.25, -0.2) is 0 Å². The minimum atomic E-state index is 0.277. The number of rotatable bonds is 6. The summed E-state index contributed by atoms with van der Waals surface area (Å²) in [5.41, 5.74) is 4.71. The molecule has 2 aliphatic heterocycles. The van der Waals surface area contributed by atoms with Crippen LogP contribution in [0, 0.1) is 0 Å². The lowest BCUT2D eigenvalue weighted by Crippen LogP contribution is -2.36. The first kappa shape index (κ1) is 19.6. The maximum Gasteiger partial charge on any atom is 0.255 e. The first-order valence-corrected chi connectivity index (χ1v) is 11.6. The number of thiophene rings is 1. The van der Waals surface area contributed by atoms with Gasteiger partial charge >= 0.3 is 0 Å². The summed E-state index contributed by atoms with van der Waals surface area (Å²) in [5.74, 6) is 0.277. The fraction of sp³-hybridized carbons (Fsp3) is 0.565. The Hall–Kier alpha value is -1.72. The highest BCUT2D eigenvalue weighted by Crippen LogP contribution is 2.32. The number of aryl methyl sites for hydroxylation is 1. The number of carbonyl (C=O) groups excluding carboxylic acids is 1. The van der Waals surface area contributed by atoms with Gasteiger partial charge in [-0.1, -0.05) is 26.3 Å². The van der Waals surface area contributed by atoms with Gasteiger partial charge in [-0.15, -0.1) is 11.3 Å². The molecule has 0 radical (unpaired) electrons. The zero-order valence-electron chi connectivity index (χ0n) is 17.1. The molecule has 2 aliphatic rings. The molecule has 1 unspecified atom stereocenters. The Balaban J connectivity index is 1.43. The van der Waals surface area contributed by atoms with E-state index in [0.717, 1.165) is 69.5 Å². The molecule has 4 nitrogen and oxygen atoms in total. The van der Waals surface area contributed by atoms with Gasteiger partial charge in [0.05, 0.1) is 11.3 Å². The molecular formula is C23H31N3OS. The van der Waals surface area contributed by atoms with Crippen molar-refractivity contribution in [1.82, 2.24) is 14.8 Å². The van der Waals surface area contributed by atoms with Crippen LogP contribution in [-0.2, 0) is 25.9 Å². The summed E-state index contributed by atoms with van der Waals surface area (Å²) in [5, 5.41) is 2.12. The SMILES string of the molecule is CCCC1CCCN1C(=O)c1csc2c1CCN(Cc1ccc(CC)cn1)C2. The lowest BCUT2D eigenvalue weighted by atomic mass is 10.0. The third kappa shape index (κ3) is 4.01. The van der Waals surface area contributed by atoms with Gasteiger partial charge in [0.2, 0.25) is 0 Å². The highest BCUT2D eigenvalue weighted by molar-refractivity contribution is 7.10. The number of aromatic nitrogens is 1. The van der Waals surface area contributed by atoms with Crippen molar-refractivity contribution in [2.24, 2.45) is 0 Å². The van der Waals surface area contributed by atoms with E-state index in [1.54, 1.807) is 11.3 Å². The van der Waals surface area contributed by atoms with Crippen LogP contribution in [0.5, 0.6) is 0 Å². The molecule has 1 amide bonds. The number of pyridine rings is 1. The van der Waals surface area contributed by atoms with Crippen LogP contribution in [0.25, 0.3) is 0 Å². The summed E-state index contributed by atoms with van der Waals surface area (Å²) in [4.78, 5) is 23.8. The largest absolute Gasteiger partial charge is 0.336 e. The second-order valence-corrected chi connectivity index (χ2v) is 9.07. The molecule has 0 spiro atoms. The van der Waals surface area contributed by atoms with E-state index < -0.39 is 0 Å². The van der Waals surface area contributed by atoms with Crippen molar-refractivity contribution in [3.8, 4) is 0 Å². The van der Waals surface area contributed by atoms with Gasteiger partial charge in [-0.3, -0.25) is 14.7 Å². The van der Waals surface area contributed by atoms with E-state index in [-0.39, 0.29) is 5.91 Å². The highest BCUT2D eigenvalue weighted by Gasteiger charge is 2.32. The molecule has 150 valence electrons. The molecule has 0 N–H and O–H groups in total. The van der Waals surface area contributed by atoms with Crippen LogP contribution < -0.4 is 0 Å².